The molecule has 0 aromatic rings. The highest BCUT2D eigenvalue weighted by atomic mass is 16.2. The summed E-state index contributed by atoms with van der Waals surface area (Å²) in [7, 11) is 5.53. The van der Waals surface area contributed by atoms with Gasteiger partial charge in [0.1, 0.15) is 0 Å². The normalized spacial score (nSPS) is 16.7. The zero-order chi connectivity index (χ0) is 13.5. The molecule has 1 heterocycles. The maximum atomic E-state index is 11.8. The van der Waals surface area contributed by atoms with Crippen LogP contribution >= 0.6 is 0 Å². The van der Waals surface area contributed by atoms with E-state index in [1.165, 1.54) is 0 Å². The Kier molecular flexibility index (Phi) is 6.07. The van der Waals surface area contributed by atoms with E-state index in [-0.39, 0.29) is 11.8 Å². The number of carbonyl (C=O) groups is 2. The summed E-state index contributed by atoms with van der Waals surface area (Å²) in [5, 5.41) is 3.03. The van der Waals surface area contributed by atoms with Gasteiger partial charge in [0.2, 0.25) is 11.8 Å². The van der Waals surface area contributed by atoms with Crippen LogP contribution in [0.1, 0.15) is 6.42 Å². The van der Waals surface area contributed by atoms with Gasteiger partial charge >= 0.3 is 0 Å². The van der Waals surface area contributed by atoms with Gasteiger partial charge in [-0.3, -0.25) is 9.59 Å². The molecule has 1 N–H and O–H groups in total. The first kappa shape index (κ1) is 14.9. The largest absolute Gasteiger partial charge is 0.349 e. The first-order chi connectivity index (χ1) is 8.50. The molecule has 2 amide bonds. The Morgan fingerprint density at radius 3 is 2.33 bits per heavy atom. The lowest BCUT2D eigenvalue weighted by Gasteiger charge is -2.32. The first-order valence-electron chi connectivity index (χ1n) is 6.38. The molecular formula is C12H24N4O2. The van der Waals surface area contributed by atoms with Crippen molar-refractivity contribution in [3.8, 4) is 0 Å². The molecule has 0 saturated carbocycles. The maximum absolute atomic E-state index is 11.8. The summed E-state index contributed by atoms with van der Waals surface area (Å²) in [4.78, 5) is 28.8. The maximum Gasteiger partial charge on any atom is 0.236 e. The van der Waals surface area contributed by atoms with Crippen molar-refractivity contribution in [2.45, 2.75) is 6.42 Å². The third kappa shape index (κ3) is 5.01. The molecule has 0 atom stereocenters. The Labute approximate surface area is 109 Å². The number of amides is 2. The van der Waals surface area contributed by atoms with Crippen molar-refractivity contribution in [1.29, 1.82) is 0 Å². The quantitative estimate of drug-likeness (QED) is 0.630. The number of carbonyl (C=O) groups excluding carboxylic acids is 2. The van der Waals surface area contributed by atoms with Crippen molar-refractivity contribution in [1.82, 2.24) is 20.0 Å². The zero-order valence-corrected chi connectivity index (χ0v) is 11.6. The van der Waals surface area contributed by atoms with Gasteiger partial charge in [0.05, 0.1) is 6.54 Å². The number of piperazine rings is 1. The van der Waals surface area contributed by atoms with Crippen LogP contribution in [-0.2, 0) is 9.59 Å². The van der Waals surface area contributed by atoms with Gasteiger partial charge in [-0.2, -0.15) is 0 Å². The average Bonchev–Trinajstić information content (AvgIpc) is 2.34. The number of hydrogen-bond acceptors (Lipinski definition) is 4. The van der Waals surface area contributed by atoms with Gasteiger partial charge < -0.3 is 20.0 Å². The van der Waals surface area contributed by atoms with Gasteiger partial charge in [-0.15, -0.1) is 0 Å². The molecule has 0 aromatic heterocycles. The molecule has 6 heteroatoms. The van der Waals surface area contributed by atoms with Gasteiger partial charge in [0.25, 0.3) is 0 Å². The molecule has 1 rings (SSSR count). The second-order valence-corrected chi connectivity index (χ2v) is 4.90. The van der Waals surface area contributed by atoms with Gasteiger partial charge in [0.15, 0.2) is 0 Å². The molecule has 1 saturated heterocycles. The molecular weight excluding hydrogens is 232 g/mol. The summed E-state index contributed by atoms with van der Waals surface area (Å²) in [6.45, 7) is 4.35. The molecule has 0 aliphatic carbocycles. The van der Waals surface area contributed by atoms with Crippen LogP contribution in [0.4, 0.5) is 0 Å². The van der Waals surface area contributed by atoms with Crippen LogP contribution in [0.25, 0.3) is 0 Å². The third-order valence-corrected chi connectivity index (χ3v) is 3.15. The second-order valence-electron chi connectivity index (χ2n) is 4.90. The van der Waals surface area contributed by atoms with Gasteiger partial charge in [-0.25, -0.2) is 0 Å². The van der Waals surface area contributed by atoms with E-state index < -0.39 is 0 Å². The highest BCUT2D eigenvalue weighted by Crippen LogP contribution is 1.98. The summed E-state index contributed by atoms with van der Waals surface area (Å²) in [5.74, 6) is 0.204. The standard InChI is InChI=1S/C12H24N4O2/c1-14(2)11(17)4-5-13-10-12(18)16-8-6-15(3)7-9-16/h13H,4-10H2,1-3H3. The van der Waals surface area contributed by atoms with Gasteiger partial charge in [0, 0.05) is 53.2 Å². The van der Waals surface area contributed by atoms with E-state index in [0.717, 1.165) is 26.2 Å². The van der Waals surface area contributed by atoms with Crippen LogP contribution < -0.4 is 5.32 Å². The van der Waals surface area contributed by atoms with Crippen molar-refractivity contribution >= 4 is 11.8 Å². The second kappa shape index (κ2) is 7.33. The topological polar surface area (TPSA) is 55.9 Å². The summed E-state index contributed by atoms with van der Waals surface area (Å²) in [6.07, 6.45) is 0.434. The Morgan fingerprint density at radius 2 is 1.78 bits per heavy atom. The van der Waals surface area contributed by atoms with E-state index in [0.29, 0.717) is 19.5 Å². The zero-order valence-electron chi connectivity index (χ0n) is 11.6. The van der Waals surface area contributed by atoms with Gasteiger partial charge in [-0.05, 0) is 7.05 Å². The average molecular weight is 256 g/mol. The monoisotopic (exact) mass is 256 g/mol. The fourth-order valence-electron chi connectivity index (χ4n) is 1.78. The molecule has 1 aliphatic heterocycles. The molecule has 18 heavy (non-hydrogen) atoms. The minimum atomic E-state index is 0.0783. The highest BCUT2D eigenvalue weighted by molar-refractivity contribution is 5.78. The highest BCUT2D eigenvalue weighted by Gasteiger charge is 2.18. The SMILES string of the molecule is CN1CCN(C(=O)CNCCC(=O)N(C)C)CC1. The van der Waals surface area contributed by atoms with E-state index in [1.54, 1.807) is 19.0 Å². The van der Waals surface area contributed by atoms with Crippen molar-refractivity contribution in [2.24, 2.45) is 0 Å². The predicted octanol–water partition coefficient (Wildman–Crippen LogP) is -1.17. The predicted molar refractivity (Wildman–Crippen MR) is 70.3 cm³/mol. The van der Waals surface area contributed by atoms with Crippen LogP contribution in [0.3, 0.4) is 0 Å². The van der Waals surface area contributed by atoms with Crippen molar-refractivity contribution < 1.29 is 9.59 Å². The lowest BCUT2D eigenvalue weighted by Crippen LogP contribution is -2.49. The van der Waals surface area contributed by atoms with Crippen molar-refractivity contribution in [3.05, 3.63) is 0 Å². The molecule has 1 fully saturated rings. The summed E-state index contributed by atoms with van der Waals surface area (Å²) in [6, 6.07) is 0. The Hall–Kier alpha value is -1.14. The molecule has 6 nitrogen and oxygen atoms in total. The Morgan fingerprint density at radius 1 is 1.17 bits per heavy atom. The van der Waals surface area contributed by atoms with Crippen LogP contribution in [-0.4, -0.2) is 86.9 Å². The van der Waals surface area contributed by atoms with Crippen LogP contribution in [0, 0.1) is 0 Å². The smallest absolute Gasteiger partial charge is 0.236 e. The van der Waals surface area contributed by atoms with E-state index in [1.807, 2.05) is 4.90 Å². The molecule has 1 aliphatic rings. The number of nitrogens with zero attached hydrogens (tertiary/aromatic N) is 3. The lowest BCUT2D eigenvalue weighted by atomic mass is 10.3. The Balaban J connectivity index is 2.12. The fourth-order valence-corrected chi connectivity index (χ4v) is 1.78. The van der Waals surface area contributed by atoms with Gasteiger partial charge in [-0.1, -0.05) is 0 Å². The molecule has 0 unspecified atom stereocenters. The van der Waals surface area contributed by atoms with E-state index in [9.17, 15) is 9.59 Å². The van der Waals surface area contributed by atoms with E-state index in [4.69, 9.17) is 0 Å². The summed E-state index contributed by atoms with van der Waals surface area (Å²) in [5.41, 5.74) is 0. The minimum Gasteiger partial charge on any atom is -0.349 e. The summed E-state index contributed by atoms with van der Waals surface area (Å²) >= 11 is 0. The molecule has 0 radical (unpaired) electrons. The van der Waals surface area contributed by atoms with Crippen molar-refractivity contribution in [2.75, 3.05) is 60.4 Å². The molecule has 0 spiro atoms. The van der Waals surface area contributed by atoms with E-state index in [2.05, 4.69) is 17.3 Å². The fraction of sp³-hybridized carbons (Fsp3) is 0.833. The number of hydrogen-bond donors (Lipinski definition) is 1. The number of nitrogens with one attached hydrogen (secondary N) is 1. The van der Waals surface area contributed by atoms with E-state index >= 15 is 0 Å². The third-order valence-electron chi connectivity index (χ3n) is 3.15. The van der Waals surface area contributed by atoms with Crippen LogP contribution in [0.2, 0.25) is 0 Å². The lowest BCUT2D eigenvalue weighted by molar-refractivity contribution is -0.132. The molecule has 104 valence electrons. The first-order valence-corrected chi connectivity index (χ1v) is 6.38. The number of rotatable bonds is 5. The minimum absolute atomic E-state index is 0.0783. The molecule has 0 bridgehead atoms. The molecule has 0 aromatic carbocycles. The Bertz CT molecular complexity index is 286. The van der Waals surface area contributed by atoms with Crippen LogP contribution in [0.5, 0.6) is 0 Å². The van der Waals surface area contributed by atoms with Crippen LogP contribution in [0.15, 0.2) is 0 Å². The number of likely N-dealkylation sites (N-methyl/N-ethyl adjacent to an activating group) is 1. The summed E-state index contributed by atoms with van der Waals surface area (Å²) < 4.78 is 0. The van der Waals surface area contributed by atoms with Crippen molar-refractivity contribution in [3.63, 3.8) is 0 Å².